The highest BCUT2D eigenvalue weighted by Gasteiger charge is 2.24. The topological polar surface area (TPSA) is 15.3 Å². The zero-order valence-electron chi connectivity index (χ0n) is 12.5. The highest BCUT2D eigenvalue weighted by molar-refractivity contribution is 4.82. The van der Waals surface area contributed by atoms with E-state index in [4.69, 9.17) is 0 Å². The van der Waals surface area contributed by atoms with Gasteiger partial charge in [-0.3, -0.25) is 0 Å². The molecule has 2 unspecified atom stereocenters. The molecule has 0 spiro atoms. The van der Waals surface area contributed by atoms with Crippen molar-refractivity contribution in [3.05, 3.63) is 0 Å². The molecule has 18 heavy (non-hydrogen) atoms. The maximum atomic E-state index is 3.87. The van der Waals surface area contributed by atoms with Gasteiger partial charge in [-0.25, -0.2) is 0 Å². The Morgan fingerprint density at radius 2 is 1.89 bits per heavy atom. The van der Waals surface area contributed by atoms with Crippen LogP contribution in [0, 0.1) is 11.8 Å². The van der Waals surface area contributed by atoms with Gasteiger partial charge in [-0.05, 0) is 50.6 Å². The van der Waals surface area contributed by atoms with Gasteiger partial charge in [-0.1, -0.05) is 33.1 Å². The van der Waals surface area contributed by atoms with Crippen LogP contribution in [0.3, 0.4) is 0 Å². The predicted octanol–water partition coefficient (Wildman–Crippen LogP) is 3.28. The van der Waals surface area contributed by atoms with Crippen LogP contribution < -0.4 is 5.32 Å². The molecule has 0 aromatic carbocycles. The molecule has 106 valence electrons. The Kier molecular flexibility index (Phi) is 5.97. The Morgan fingerprint density at radius 3 is 2.61 bits per heavy atom. The van der Waals surface area contributed by atoms with Crippen LogP contribution in [-0.4, -0.2) is 37.1 Å². The lowest BCUT2D eigenvalue weighted by atomic mass is 9.88. The van der Waals surface area contributed by atoms with Crippen molar-refractivity contribution >= 4 is 0 Å². The minimum atomic E-state index is 0.752. The second-order valence-electron chi connectivity index (χ2n) is 6.71. The summed E-state index contributed by atoms with van der Waals surface area (Å²) >= 11 is 0. The summed E-state index contributed by atoms with van der Waals surface area (Å²) in [6.07, 6.45) is 10.0. The molecule has 2 aliphatic rings. The Bertz CT molecular complexity index is 223. The number of piperidine rings is 1. The molecule has 1 aliphatic carbocycles. The van der Waals surface area contributed by atoms with Gasteiger partial charge < -0.3 is 10.2 Å². The normalized spacial score (nSPS) is 31.7. The molecule has 2 heteroatoms. The molecule has 1 N–H and O–H groups in total. The average Bonchev–Trinajstić information content (AvgIpc) is 2.37. The van der Waals surface area contributed by atoms with Gasteiger partial charge in [0.25, 0.3) is 0 Å². The van der Waals surface area contributed by atoms with Crippen molar-refractivity contribution in [2.75, 3.05) is 26.2 Å². The van der Waals surface area contributed by atoms with E-state index in [1.807, 2.05) is 0 Å². The van der Waals surface area contributed by atoms with Crippen LogP contribution in [0.4, 0.5) is 0 Å². The first-order valence-corrected chi connectivity index (χ1v) is 8.23. The molecule has 1 saturated carbocycles. The number of rotatable bonds is 5. The second kappa shape index (κ2) is 7.49. The van der Waals surface area contributed by atoms with Crippen molar-refractivity contribution < 1.29 is 0 Å². The van der Waals surface area contributed by atoms with E-state index in [2.05, 4.69) is 24.1 Å². The maximum Gasteiger partial charge on any atom is 0.0198 e. The predicted molar refractivity (Wildman–Crippen MR) is 78.9 cm³/mol. The Labute approximate surface area is 114 Å². The lowest BCUT2D eigenvalue weighted by Gasteiger charge is -2.37. The van der Waals surface area contributed by atoms with Gasteiger partial charge in [0.2, 0.25) is 0 Å². The lowest BCUT2D eigenvalue weighted by molar-refractivity contribution is 0.144. The third kappa shape index (κ3) is 4.55. The van der Waals surface area contributed by atoms with Gasteiger partial charge in [0.15, 0.2) is 0 Å². The van der Waals surface area contributed by atoms with E-state index in [1.165, 1.54) is 71.1 Å². The third-order valence-corrected chi connectivity index (χ3v) is 4.70. The summed E-state index contributed by atoms with van der Waals surface area (Å²) in [4.78, 5) is 2.66. The summed E-state index contributed by atoms with van der Waals surface area (Å²) in [6.45, 7) is 9.87. The maximum absolute atomic E-state index is 3.87. The van der Waals surface area contributed by atoms with Gasteiger partial charge in [0, 0.05) is 19.1 Å². The van der Waals surface area contributed by atoms with E-state index >= 15 is 0 Å². The molecule has 2 fully saturated rings. The van der Waals surface area contributed by atoms with Crippen LogP contribution in [-0.2, 0) is 0 Å². The van der Waals surface area contributed by atoms with Crippen LogP contribution in [0.5, 0.6) is 0 Å². The van der Waals surface area contributed by atoms with Crippen molar-refractivity contribution in [3.63, 3.8) is 0 Å². The van der Waals surface area contributed by atoms with Crippen molar-refractivity contribution in [1.29, 1.82) is 0 Å². The van der Waals surface area contributed by atoms with Crippen LogP contribution in [0.15, 0.2) is 0 Å². The lowest BCUT2D eigenvalue weighted by Crippen LogP contribution is -2.49. The molecule has 0 radical (unpaired) electrons. The number of nitrogens with one attached hydrogen (secondary N) is 1. The molecule has 1 heterocycles. The third-order valence-electron chi connectivity index (χ3n) is 4.70. The van der Waals surface area contributed by atoms with Gasteiger partial charge in [0.1, 0.15) is 0 Å². The zero-order valence-corrected chi connectivity index (χ0v) is 12.5. The highest BCUT2D eigenvalue weighted by Crippen LogP contribution is 2.23. The van der Waals surface area contributed by atoms with Crippen molar-refractivity contribution in [1.82, 2.24) is 10.2 Å². The average molecular weight is 252 g/mol. The number of hydrogen-bond donors (Lipinski definition) is 1. The van der Waals surface area contributed by atoms with Crippen molar-refractivity contribution in [2.45, 2.75) is 64.8 Å². The molecule has 0 aromatic heterocycles. The standard InChI is InChI=1S/C16H32N2/c1-3-9-18-12-14(2)10-16(13-18)17-11-15-7-5-4-6-8-15/h14-17H,3-13H2,1-2H3. The summed E-state index contributed by atoms with van der Waals surface area (Å²) < 4.78 is 0. The minimum absolute atomic E-state index is 0.752. The molecule has 0 bridgehead atoms. The number of likely N-dealkylation sites (tertiary alicyclic amines) is 1. The summed E-state index contributed by atoms with van der Waals surface area (Å²) in [5.41, 5.74) is 0. The van der Waals surface area contributed by atoms with E-state index in [1.54, 1.807) is 0 Å². The molecule has 1 saturated heterocycles. The fraction of sp³-hybridized carbons (Fsp3) is 1.00. The van der Waals surface area contributed by atoms with E-state index in [0.29, 0.717) is 0 Å². The first-order chi connectivity index (χ1) is 8.78. The molecule has 0 amide bonds. The molecule has 2 atom stereocenters. The van der Waals surface area contributed by atoms with Gasteiger partial charge >= 0.3 is 0 Å². The SMILES string of the molecule is CCCN1CC(C)CC(NCC2CCCCC2)C1. The van der Waals surface area contributed by atoms with Crippen LogP contribution in [0.2, 0.25) is 0 Å². The first-order valence-electron chi connectivity index (χ1n) is 8.23. The number of hydrogen-bond acceptors (Lipinski definition) is 2. The van der Waals surface area contributed by atoms with E-state index < -0.39 is 0 Å². The molecule has 0 aromatic rings. The molecular weight excluding hydrogens is 220 g/mol. The van der Waals surface area contributed by atoms with Gasteiger partial charge in [-0.2, -0.15) is 0 Å². The molecule has 2 nitrogen and oxygen atoms in total. The Hall–Kier alpha value is -0.0800. The summed E-state index contributed by atoms with van der Waals surface area (Å²) in [6, 6.07) is 0.752. The van der Waals surface area contributed by atoms with Crippen LogP contribution >= 0.6 is 0 Å². The fourth-order valence-corrected chi connectivity index (χ4v) is 3.83. The summed E-state index contributed by atoms with van der Waals surface area (Å²) in [5, 5.41) is 3.87. The minimum Gasteiger partial charge on any atom is -0.312 e. The van der Waals surface area contributed by atoms with Gasteiger partial charge in [-0.15, -0.1) is 0 Å². The molecule has 1 aliphatic heterocycles. The van der Waals surface area contributed by atoms with E-state index in [0.717, 1.165) is 17.9 Å². The first kappa shape index (κ1) is 14.3. The largest absolute Gasteiger partial charge is 0.312 e. The smallest absolute Gasteiger partial charge is 0.0198 e. The highest BCUT2D eigenvalue weighted by atomic mass is 15.2. The summed E-state index contributed by atoms with van der Waals surface area (Å²) in [7, 11) is 0. The zero-order chi connectivity index (χ0) is 12.8. The number of nitrogens with zero attached hydrogens (tertiary/aromatic N) is 1. The fourth-order valence-electron chi connectivity index (χ4n) is 3.83. The van der Waals surface area contributed by atoms with Gasteiger partial charge in [0.05, 0.1) is 0 Å². The molecule has 2 rings (SSSR count). The van der Waals surface area contributed by atoms with Crippen LogP contribution in [0.1, 0.15) is 58.8 Å². The quantitative estimate of drug-likeness (QED) is 0.808. The molecular formula is C16H32N2. The Balaban J connectivity index is 1.70. The Morgan fingerprint density at radius 1 is 1.11 bits per heavy atom. The summed E-state index contributed by atoms with van der Waals surface area (Å²) in [5.74, 6) is 1.84. The second-order valence-corrected chi connectivity index (χ2v) is 6.71. The van der Waals surface area contributed by atoms with Crippen LogP contribution in [0.25, 0.3) is 0 Å². The van der Waals surface area contributed by atoms with Crippen molar-refractivity contribution in [2.24, 2.45) is 11.8 Å². The monoisotopic (exact) mass is 252 g/mol. The van der Waals surface area contributed by atoms with E-state index in [-0.39, 0.29) is 0 Å². The van der Waals surface area contributed by atoms with Crippen molar-refractivity contribution in [3.8, 4) is 0 Å². The van der Waals surface area contributed by atoms with E-state index in [9.17, 15) is 0 Å².